The molecule has 3 aliphatic rings. The third kappa shape index (κ3) is 2.26. The predicted molar refractivity (Wildman–Crippen MR) is 72.3 cm³/mol. The van der Waals surface area contributed by atoms with Crippen LogP contribution in [0.4, 0.5) is 0 Å². The lowest BCUT2D eigenvalue weighted by Gasteiger charge is -2.40. The van der Waals surface area contributed by atoms with Gasteiger partial charge in [0.1, 0.15) is 6.04 Å². The summed E-state index contributed by atoms with van der Waals surface area (Å²) in [6.07, 6.45) is 5.32. The second-order valence-electron chi connectivity index (χ2n) is 6.89. The number of rotatable bonds is 3. The fraction of sp³-hybridized carbons (Fsp3) is 0.867. The van der Waals surface area contributed by atoms with Crippen molar-refractivity contribution >= 4 is 11.8 Å². The Morgan fingerprint density at radius 1 is 1.26 bits per heavy atom. The summed E-state index contributed by atoms with van der Waals surface area (Å²) in [6, 6.07) is -0.264. The number of hydrogen-bond donors (Lipinski definition) is 1. The SMILES string of the molecule is CC(C)C1C(=O)NCC(=O)N1CC1CC2CCC1C2. The van der Waals surface area contributed by atoms with Crippen molar-refractivity contribution in [2.24, 2.45) is 23.7 Å². The van der Waals surface area contributed by atoms with Gasteiger partial charge >= 0.3 is 0 Å². The molecular weight excluding hydrogens is 240 g/mol. The van der Waals surface area contributed by atoms with Crippen molar-refractivity contribution < 1.29 is 9.59 Å². The highest BCUT2D eigenvalue weighted by molar-refractivity contribution is 5.94. The quantitative estimate of drug-likeness (QED) is 0.838. The molecule has 2 amide bonds. The molecule has 0 aromatic carbocycles. The van der Waals surface area contributed by atoms with Gasteiger partial charge in [0.05, 0.1) is 6.54 Å². The first-order valence-corrected chi connectivity index (χ1v) is 7.63. The molecule has 3 rings (SSSR count). The second kappa shape index (κ2) is 4.80. The number of carbonyl (C=O) groups is 2. The number of carbonyl (C=O) groups excluding carboxylic acids is 2. The van der Waals surface area contributed by atoms with Gasteiger partial charge in [-0.1, -0.05) is 20.3 Å². The zero-order valence-electron chi connectivity index (χ0n) is 11.9. The van der Waals surface area contributed by atoms with Gasteiger partial charge in [0.15, 0.2) is 0 Å². The van der Waals surface area contributed by atoms with E-state index in [2.05, 4.69) is 5.32 Å². The van der Waals surface area contributed by atoms with E-state index in [0.29, 0.717) is 5.92 Å². The number of amides is 2. The molecule has 3 fully saturated rings. The van der Waals surface area contributed by atoms with Gasteiger partial charge in [0.2, 0.25) is 11.8 Å². The van der Waals surface area contributed by atoms with Gasteiger partial charge in [-0.15, -0.1) is 0 Å². The monoisotopic (exact) mass is 264 g/mol. The fourth-order valence-electron chi connectivity index (χ4n) is 4.40. The van der Waals surface area contributed by atoms with Crippen molar-refractivity contribution in [1.82, 2.24) is 10.2 Å². The first-order chi connectivity index (χ1) is 9.06. The van der Waals surface area contributed by atoms with Crippen LogP contribution in [0.3, 0.4) is 0 Å². The molecule has 2 bridgehead atoms. The van der Waals surface area contributed by atoms with E-state index in [4.69, 9.17) is 0 Å². The molecule has 4 heteroatoms. The van der Waals surface area contributed by atoms with Crippen LogP contribution in [0.5, 0.6) is 0 Å². The second-order valence-corrected chi connectivity index (χ2v) is 6.89. The molecule has 1 saturated heterocycles. The third-order valence-corrected chi connectivity index (χ3v) is 5.29. The van der Waals surface area contributed by atoms with Crippen molar-refractivity contribution in [2.75, 3.05) is 13.1 Å². The summed E-state index contributed by atoms with van der Waals surface area (Å²) in [5, 5.41) is 2.72. The summed E-state index contributed by atoms with van der Waals surface area (Å²) in [7, 11) is 0. The first-order valence-electron chi connectivity index (χ1n) is 7.63. The Morgan fingerprint density at radius 2 is 2.05 bits per heavy atom. The molecule has 2 saturated carbocycles. The van der Waals surface area contributed by atoms with Crippen LogP contribution in [0.1, 0.15) is 39.5 Å². The van der Waals surface area contributed by atoms with Crippen molar-refractivity contribution in [2.45, 2.75) is 45.6 Å². The maximum atomic E-state index is 12.2. The largest absolute Gasteiger partial charge is 0.345 e. The van der Waals surface area contributed by atoms with Crippen molar-refractivity contribution in [3.8, 4) is 0 Å². The smallest absolute Gasteiger partial charge is 0.243 e. The van der Waals surface area contributed by atoms with E-state index in [1.165, 1.54) is 25.7 Å². The molecule has 2 aliphatic carbocycles. The Labute approximate surface area is 114 Å². The van der Waals surface area contributed by atoms with Gasteiger partial charge < -0.3 is 10.2 Å². The number of nitrogens with zero attached hydrogens (tertiary/aromatic N) is 1. The summed E-state index contributed by atoms with van der Waals surface area (Å²) in [5.41, 5.74) is 0. The highest BCUT2D eigenvalue weighted by Gasteiger charge is 2.43. The summed E-state index contributed by atoms with van der Waals surface area (Å²) in [5.74, 6) is 2.63. The van der Waals surface area contributed by atoms with Crippen LogP contribution in [-0.4, -0.2) is 35.8 Å². The lowest BCUT2D eigenvalue weighted by Crippen LogP contribution is -2.61. The molecule has 0 spiro atoms. The highest BCUT2D eigenvalue weighted by atomic mass is 16.2. The number of fused-ring (bicyclic) bond motifs is 2. The fourth-order valence-corrected chi connectivity index (χ4v) is 4.40. The maximum absolute atomic E-state index is 12.2. The zero-order chi connectivity index (χ0) is 13.6. The van der Waals surface area contributed by atoms with Gasteiger partial charge in [-0.2, -0.15) is 0 Å². The van der Waals surface area contributed by atoms with Gasteiger partial charge in [-0.3, -0.25) is 9.59 Å². The Balaban J connectivity index is 1.72. The lowest BCUT2D eigenvalue weighted by atomic mass is 9.87. The average molecular weight is 264 g/mol. The van der Waals surface area contributed by atoms with Crippen LogP contribution < -0.4 is 5.32 Å². The number of hydrogen-bond acceptors (Lipinski definition) is 2. The molecule has 1 aliphatic heterocycles. The molecule has 0 aromatic heterocycles. The molecule has 4 atom stereocenters. The maximum Gasteiger partial charge on any atom is 0.243 e. The molecule has 1 heterocycles. The van der Waals surface area contributed by atoms with E-state index >= 15 is 0 Å². The Hall–Kier alpha value is -1.06. The van der Waals surface area contributed by atoms with Crippen LogP contribution in [0.15, 0.2) is 0 Å². The Kier molecular flexibility index (Phi) is 3.27. The molecule has 0 aromatic rings. The molecule has 4 nitrogen and oxygen atoms in total. The van der Waals surface area contributed by atoms with Crippen LogP contribution >= 0.6 is 0 Å². The normalized spacial score (nSPS) is 38.2. The lowest BCUT2D eigenvalue weighted by molar-refractivity contribution is -0.148. The average Bonchev–Trinajstić information content (AvgIpc) is 2.95. The van der Waals surface area contributed by atoms with E-state index in [9.17, 15) is 9.59 Å². The summed E-state index contributed by atoms with van der Waals surface area (Å²) in [4.78, 5) is 26.1. The van der Waals surface area contributed by atoms with E-state index < -0.39 is 0 Å². The topological polar surface area (TPSA) is 49.4 Å². The van der Waals surface area contributed by atoms with E-state index in [1.807, 2.05) is 18.7 Å². The molecule has 1 N–H and O–H groups in total. The highest BCUT2D eigenvalue weighted by Crippen LogP contribution is 2.48. The minimum Gasteiger partial charge on any atom is -0.345 e. The molecule has 4 unspecified atom stereocenters. The molecule has 19 heavy (non-hydrogen) atoms. The van der Waals surface area contributed by atoms with Gasteiger partial charge in [0.25, 0.3) is 0 Å². The van der Waals surface area contributed by atoms with Crippen LogP contribution in [0.2, 0.25) is 0 Å². The third-order valence-electron chi connectivity index (χ3n) is 5.29. The number of nitrogens with one attached hydrogen (secondary N) is 1. The Morgan fingerprint density at radius 3 is 2.63 bits per heavy atom. The van der Waals surface area contributed by atoms with Crippen molar-refractivity contribution in [3.05, 3.63) is 0 Å². The summed E-state index contributed by atoms with van der Waals surface area (Å²) in [6.45, 7) is 5.03. The van der Waals surface area contributed by atoms with Gasteiger partial charge in [-0.25, -0.2) is 0 Å². The van der Waals surface area contributed by atoms with Crippen molar-refractivity contribution in [3.63, 3.8) is 0 Å². The molecular formula is C15H24N2O2. The molecule has 0 radical (unpaired) electrons. The predicted octanol–water partition coefficient (Wildman–Crippen LogP) is 1.41. The zero-order valence-corrected chi connectivity index (χ0v) is 11.9. The van der Waals surface area contributed by atoms with E-state index in [-0.39, 0.29) is 30.3 Å². The summed E-state index contributed by atoms with van der Waals surface area (Å²) < 4.78 is 0. The van der Waals surface area contributed by atoms with Crippen LogP contribution in [0.25, 0.3) is 0 Å². The van der Waals surface area contributed by atoms with Crippen LogP contribution in [-0.2, 0) is 9.59 Å². The Bertz CT molecular complexity index is 394. The van der Waals surface area contributed by atoms with Gasteiger partial charge in [0, 0.05) is 6.54 Å². The van der Waals surface area contributed by atoms with E-state index in [1.54, 1.807) is 0 Å². The van der Waals surface area contributed by atoms with E-state index in [0.717, 1.165) is 18.4 Å². The van der Waals surface area contributed by atoms with Gasteiger partial charge in [-0.05, 0) is 42.9 Å². The molecule has 106 valence electrons. The summed E-state index contributed by atoms with van der Waals surface area (Å²) >= 11 is 0. The minimum absolute atomic E-state index is 0.0257. The van der Waals surface area contributed by atoms with Crippen LogP contribution in [0, 0.1) is 23.7 Å². The number of piperazine rings is 1. The van der Waals surface area contributed by atoms with Crippen molar-refractivity contribution in [1.29, 1.82) is 0 Å². The minimum atomic E-state index is -0.264. The first kappa shape index (κ1) is 12.9. The standard InChI is InChI=1S/C15H24N2O2/c1-9(2)14-15(19)16-7-13(18)17(14)8-12-6-10-3-4-11(12)5-10/h9-12,14H,3-8H2,1-2H3,(H,16,19).